The molecule has 4 nitrogen and oxygen atoms in total. The topological polar surface area (TPSA) is 52.6 Å². The van der Waals surface area contributed by atoms with E-state index in [1.807, 2.05) is 13.8 Å². The van der Waals surface area contributed by atoms with Crippen LogP contribution in [-0.2, 0) is 19.1 Å². The fourth-order valence-electron chi connectivity index (χ4n) is 1.36. The molecule has 0 aliphatic carbocycles. The van der Waals surface area contributed by atoms with Gasteiger partial charge in [-0.15, -0.1) is 0 Å². The lowest BCUT2D eigenvalue weighted by atomic mass is 10.2. The predicted molar refractivity (Wildman–Crippen MR) is 53.9 cm³/mol. The summed E-state index contributed by atoms with van der Waals surface area (Å²) in [6.45, 7) is 5.39. The number of ketones is 1. The van der Waals surface area contributed by atoms with Crippen LogP contribution in [0.4, 0.5) is 0 Å². The molecule has 0 saturated heterocycles. The molecular weight excluding hydrogens is 196 g/mol. The highest BCUT2D eigenvalue weighted by Gasteiger charge is 2.33. The minimum atomic E-state index is -0.524. The van der Waals surface area contributed by atoms with Gasteiger partial charge in [-0.1, -0.05) is 13.8 Å². The minimum Gasteiger partial charge on any atom is -0.483 e. The summed E-state index contributed by atoms with van der Waals surface area (Å²) < 4.78 is 10.3. The van der Waals surface area contributed by atoms with Gasteiger partial charge in [-0.3, -0.25) is 9.59 Å². The Morgan fingerprint density at radius 3 is 2.67 bits per heavy atom. The molecule has 0 bridgehead atoms. The molecule has 0 aromatic heterocycles. The fraction of sp³-hybridized carbons (Fsp3) is 0.636. The van der Waals surface area contributed by atoms with E-state index in [1.165, 1.54) is 0 Å². The van der Waals surface area contributed by atoms with Gasteiger partial charge in [0.2, 0.25) is 11.5 Å². The Morgan fingerprint density at radius 1 is 1.47 bits per heavy atom. The van der Waals surface area contributed by atoms with Crippen LogP contribution in [0.25, 0.3) is 0 Å². The summed E-state index contributed by atoms with van der Waals surface area (Å²) in [7, 11) is 0. The number of rotatable bonds is 4. The average Bonchev–Trinajstić information content (AvgIpc) is 2.46. The predicted octanol–water partition coefficient (Wildman–Crippen LogP) is 1.94. The summed E-state index contributed by atoms with van der Waals surface area (Å²) in [5.41, 5.74) is 0. The highest BCUT2D eigenvalue weighted by molar-refractivity contribution is 6.00. The molecular formula is C11H16O4. The minimum absolute atomic E-state index is 0.100. The first-order valence-corrected chi connectivity index (χ1v) is 5.24. The number of esters is 1. The largest absolute Gasteiger partial charge is 0.483 e. The van der Waals surface area contributed by atoms with Crippen LogP contribution in [0.15, 0.2) is 11.5 Å². The van der Waals surface area contributed by atoms with Crippen molar-refractivity contribution in [3.8, 4) is 0 Å². The van der Waals surface area contributed by atoms with Crippen LogP contribution < -0.4 is 0 Å². The first-order valence-electron chi connectivity index (χ1n) is 5.24. The molecule has 0 aromatic rings. The maximum Gasteiger partial charge on any atom is 0.311 e. The van der Waals surface area contributed by atoms with Crippen molar-refractivity contribution in [3.05, 3.63) is 11.5 Å². The molecule has 1 heterocycles. The van der Waals surface area contributed by atoms with E-state index in [0.29, 0.717) is 25.0 Å². The van der Waals surface area contributed by atoms with E-state index in [4.69, 9.17) is 9.47 Å². The van der Waals surface area contributed by atoms with Crippen LogP contribution in [0.2, 0.25) is 0 Å². The first-order chi connectivity index (χ1) is 7.10. The molecule has 0 spiro atoms. The molecule has 1 unspecified atom stereocenters. The standard InChI is InChI=1S/C11H16O4/c1-4-6-9(12)15-11-8(5-2)14-7(3)10(11)13/h7H,4-6H2,1-3H3. The molecule has 1 atom stereocenters. The maximum absolute atomic E-state index is 11.6. The molecule has 84 valence electrons. The summed E-state index contributed by atoms with van der Waals surface area (Å²) in [5.74, 6) is -0.0267. The van der Waals surface area contributed by atoms with Gasteiger partial charge in [0.1, 0.15) is 5.76 Å². The third-order valence-corrected chi connectivity index (χ3v) is 2.16. The van der Waals surface area contributed by atoms with Crippen molar-refractivity contribution in [1.29, 1.82) is 0 Å². The molecule has 1 aliphatic heterocycles. The van der Waals surface area contributed by atoms with Crippen molar-refractivity contribution in [2.75, 3.05) is 0 Å². The third kappa shape index (κ3) is 2.58. The van der Waals surface area contributed by atoms with Crippen LogP contribution in [0.5, 0.6) is 0 Å². The zero-order valence-electron chi connectivity index (χ0n) is 9.33. The number of Topliss-reactive ketones (excluding diaryl/α,β-unsaturated/α-hetero) is 1. The summed E-state index contributed by atoms with van der Waals surface area (Å²) in [5, 5.41) is 0. The number of carbonyl (C=O) groups excluding carboxylic acids is 2. The second-order valence-corrected chi connectivity index (χ2v) is 3.45. The van der Waals surface area contributed by atoms with Crippen molar-refractivity contribution in [1.82, 2.24) is 0 Å². The van der Waals surface area contributed by atoms with Crippen LogP contribution >= 0.6 is 0 Å². The van der Waals surface area contributed by atoms with E-state index in [0.717, 1.165) is 0 Å². The van der Waals surface area contributed by atoms with Gasteiger partial charge in [0.15, 0.2) is 6.10 Å². The maximum atomic E-state index is 11.6. The molecule has 4 heteroatoms. The Hall–Kier alpha value is -1.32. The van der Waals surface area contributed by atoms with E-state index in [1.54, 1.807) is 6.92 Å². The zero-order valence-corrected chi connectivity index (χ0v) is 9.33. The van der Waals surface area contributed by atoms with Gasteiger partial charge in [0.25, 0.3) is 0 Å². The molecule has 15 heavy (non-hydrogen) atoms. The second kappa shape index (κ2) is 4.96. The van der Waals surface area contributed by atoms with Crippen LogP contribution in [0.1, 0.15) is 40.0 Å². The van der Waals surface area contributed by atoms with Crippen molar-refractivity contribution in [2.45, 2.75) is 46.1 Å². The monoisotopic (exact) mass is 212 g/mol. The van der Waals surface area contributed by atoms with Gasteiger partial charge in [0.05, 0.1) is 0 Å². The Kier molecular flexibility index (Phi) is 3.88. The van der Waals surface area contributed by atoms with Crippen molar-refractivity contribution in [3.63, 3.8) is 0 Å². The number of hydrogen-bond donors (Lipinski definition) is 0. The number of hydrogen-bond acceptors (Lipinski definition) is 4. The number of allylic oxidation sites excluding steroid dienone is 1. The number of ether oxygens (including phenoxy) is 2. The van der Waals surface area contributed by atoms with Gasteiger partial charge in [-0.25, -0.2) is 0 Å². The van der Waals surface area contributed by atoms with E-state index < -0.39 is 6.10 Å². The Labute approximate surface area is 89.2 Å². The highest BCUT2D eigenvalue weighted by Crippen LogP contribution is 2.25. The van der Waals surface area contributed by atoms with Gasteiger partial charge in [-0.2, -0.15) is 0 Å². The van der Waals surface area contributed by atoms with Crippen LogP contribution in [0.3, 0.4) is 0 Å². The Balaban J connectivity index is 2.73. The highest BCUT2D eigenvalue weighted by atomic mass is 16.6. The lowest BCUT2D eigenvalue weighted by Crippen LogP contribution is -2.16. The van der Waals surface area contributed by atoms with Crippen molar-refractivity contribution in [2.24, 2.45) is 0 Å². The summed E-state index contributed by atoms with van der Waals surface area (Å²) in [6.07, 6.45) is 1.06. The lowest BCUT2D eigenvalue weighted by Gasteiger charge is -2.03. The molecule has 0 saturated carbocycles. The first kappa shape index (κ1) is 11.8. The molecule has 1 aliphatic rings. The van der Waals surface area contributed by atoms with E-state index >= 15 is 0 Å². The van der Waals surface area contributed by atoms with Crippen molar-refractivity contribution < 1.29 is 19.1 Å². The second-order valence-electron chi connectivity index (χ2n) is 3.45. The molecule has 0 N–H and O–H groups in total. The smallest absolute Gasteiger partial charge is 0.311 e. The van der Waals surface area contributed by atoms with Gasteiger partial charge >= 0.3 is 5.97 Å². The van der Waals surface area contributed by atoms with Crippen LogP contribution in [-0.4, -0.2) is 17.9 Å². The summed E-state index contributed by atoms with van der Waals surface area (Å²) >= 11 is 0. The normalized spacial score (nSPS) is 20.5. The molecule has 1 rings (SSSR count). The van der Waals surface area contributed by atoms with Crippen molar-refractivity contribution >= 4 is 11.8 Å². The average molecular weight is 212 g/mol. The van der Waals surface area contributed by atoms with Gasteiger partial charge in [-0.05, 0) is 13.3 Å². The zero-order chi connectivity index (χ0) is 11.4. The van der Waals surface area contributed by atoms with E-state index in [-0.39, 0.29) is 17.5 Å². The number of carbonyl (C=O) groups is 2. The van der Waals surface area contributed by atoms with E-state index in [9.17, 15) is 9.59 Å². The third-order valence-electron chi connectivity index (χ3n) is 2.16. The SMILES string of the molecule is CCCC(=O)OC1=C(CC)OC(C)C1=O. The summed E-state index contributed by atoms with van der Waals surface area (Å²) in [6, 6.07) is 0. The van der Waals surface area contributed by atoms with Gasteiger partial charge < -0.3 is 9.47 Å². The Bertz CT molecular complexity index is 304. The lowest BCUT2D eigenvalue weighted by molar-refractivity contribution is -0.142. The quantitative estimate of drug-likeness (QED) is 0.668. The fourth-order valence-corrected chi connectivity index (χ4v) is 1.36. The molecule has 0 amide bonds. The van der Waals surface area contributed by atoms with Crippen LogP contribution in [0, 0.1) is 0 Å². The summed E-state index contributed by atoms with van der Waals surface area (Å²) in [4.78, 5) is 22.8. The van der Waals surface area contributed by atoms with Gasteiger partial charge in [0, 0.05) is 12.8 Å². The Morgan fingerprint density at radius 2 is 2.13 bits per heavy atom. The van der Waals surface area contributed by atoms with E-state index in [2.05, 4.69) is 0 Å². The molecule has 0 fully saturated rings. The molecule has 0 radical (unpaired) electrons. The molecule has 0 aromatic carbocycles.